The average Bonchev–Trinajstić information content (AvgIpc) is 3.09. The summed E-state index contributed by atoms with van der Waals surface area (Å²) in [5, 5.41) is 8.95. The molecule has 98 valence electrons. The van der Waals surface area contributed by atoms with Crippen LogP contribution < -0.4 is 0 Å². The van der Waals surface area contributed by atoms with Crippen LogP contribution in [0.1, 0.15) is 30.7 Å². The maximum absolute atomic E-state index is 13.9. The van der Waals surface area contributed by atoms with Crippen LogP contribution in [0.2, 0.25) is 0 Å². The highest BCUT2D eigenvalue weighted by molar-refractivity contribution is 9.10. The highest BCUT2D eigenvalue weighted by Gasteiger charge is 2.34. The van der Waals surface area contributed by atoms with Crippen molar-refractivity contribution in [2.45, 2.75) is 30.1 Å². The summed E-state index contributed by atoms with van der Waals surface area (Å²) in [6.45, 7) is 0. The summed E-state index contributed by atoms with van der Waals surface area (Å²) in [7, 11) is 0. The molecule has 0 aliphatic heterocycles. The zero-order chi connectivity index (χ0) is 13.3. The molecule has 0 saturated heterocycles. The number of halogens is 2. The third kappa shape index (κ3) is 3.06. The molecule has 0 spiro atoms. The van der Waals surface area contributed by atoms with Crippen molar-refractivity contribution >= 4 is 33.7 Å². The SMILES string of the molecule is CSc1c(F)cc(C(CC(=O)O)C2CC2)cc1Br. The Labute approximate surface area is 118 Å². The number of carboxylic acid groups (broad SMARTS) is 1. The average molecular weight is 333 g/mol. The van der Waals surface area contributed by atoms with Crippen LogP contribution in [0.3, 0.4) is 0 Å². The quantitative estimate of drug-likeness (QED) is 0.818. The van der Waals surface area contributed by atoms with Gasteiger partial charge in [-0.3, -0.25) is 4.79 Å². The molecule has 1 fully saturated rings. The van der Waals surface area contributed by atoms with Crippen molar-refractivity contribution in [3.05, 3.63) is 28.0 Å². The van der Waals surface area contributed by atoms with Crippen molar-refractivity contribution in [3.8, 4) is 0 Å². The summed E-state index contributed by atoms with van der Waals surface area (Å²) in [6, 6.07) is 3.35. The molecule has 2 rings (SSSR count). The molecular weight excluding hydrogens is 319 g/mol. The van der Waals surface area contributed by atoms with Gasteiger partial charge in [-0.25, -0.2) is 4.39 Å². The number of thioether (sulfide) groups is 1. The van der Waals surface area contributed by atoms with E-state index in [1.54, 1.807) is 0 Å². The Hall–Kier alpha value is -0.550. The minimum atomic E-state index is -0.822. The molecule has 1 aliphatic carbocycles. The maximum Gasteiger partial charge on any atom is 0.303 e. The molecule has 0 aromatic heterocycles. The normalized spacial score (nSPS) is 16.6. The van der Waals surface area contributed by atoms with Crippen molar-refractivity contribution in [1.82, 2.24) is 0 Å². The van der Waals surface area contributed by atoms with E-state index in [4.69, 9.17) is 5.11 Å². The largest absolute Gasteiger partial charge is 0.481 e. The second kappa shape index (κ2) is 5.61. The van der Waals surface area contributed by atoms with Gasteiger partial charge in [0, 0.05) is 4.47 Å². The molecule has 1 saturated carbocycles. The van der Waals surface area contributed by atoms with E-state index in [9.17, 15) is 9.18 Å². The minimum absolute atomic E-state index is 0.0655. The zero-order valence-corrected chi connectivity index (χ0v) is 12.4. The standard InChI is InChI=1S/C13H14BrFO2S/c1-18-13-10(14)4-8(5-11(13)15)9(6-12(16)17)7-2-3-7/h4-5,7,9H,2-3,6H2,1H3,(H,16,17). The predicted octanol–water partition coefficient (Wildman–Crippen LogP) is 4.28. The summed E-state index contributed by atoms with van der Waals surface area (Å²) < 4.78 is 14.6. The second-order valence-corrected chi connectivity index (χ2v) is 6.23. The molecule has 0 radical (unpaired) electrons. The first kappa shape index (κ1) is 13.9. The van der Waals surface area contributed by atoms with Crippen LogP contribution in [-0.2, 0) is 4.79 Å². The molecule has 0 bridgehead atoms. The lowest BCUT2D eigenvalue weighted by Crippen LogP contribution is -2.09. The van der Waals surface area contributed by atoms with Gasteiger partial charge in [0.25, 0.3) is 0 Å². The molecule has 1 atom stereocenters. The van der Waals surface area contributed by atoms with Crippen molar-refractivity contribution in [2.24, 2.45) is 5.92 Å². The van der Waals surface area contributed by atoms with Gasteiger partial charge < -0.3 is 5.11 Å². The Kier molecular flexibility index (Phi) is 4.33. The van der Waals surface area contributed by atoms with E-state index in [1.807, 2.05) is 12.3 Å². The van der Waals surface area contributed by atoms with Crippen LogP contribution in [-0.4, -0.2) is 17.3 Å². The zero-order valence-electron chi connectivity index (χ0n) is 9.95. The van der Waals surface area contributed by atoms with E-state index < -0.39 is 5.97 Å². The van der Waals surface area contributed by atoms with Gasteiger partial charge in [0.05, 0.1) is 11.3 Å². The molecule has 1 aromatic carbocycles. The molecule has 1 aromatic rings. The van der Waals surface area contributed by atoms with Gasteiger partial charge in [0.15, 0.2) is 0 Å². The fraction of sp³-hybridized carbons (Fsp3) is 0.462. The summed E-state index contributed by atoms with van der Waals surface area (Å²) in [5.74, 6) is -0.767. The monoisotopic (exact) mass is 332 g/mol. The Morgan fingerprint density at radius 1 is 1.61 bits per heavy atom. The highest BCUT2D eigenvalue weighted by atomic mass is 79.9. The van der Waals surface area contributed by atoms with Crippen LogP contribution >= 0.6 is 27.7 Å². The Morgan fingerprint density at radius 2 is 2.28 bits per heavy atom. The van der Waals surface area contributed by atoms with Gasteiger partial charge in [0.1, 0.15) is 5.82 Å². The molecule has 5 heteroatoms. The number of carbonyl (C=O) groups is 1. The molecule has 1 unspecified atom stereocenters. The van der Waals surface area contributed by atoms with Crippen LogP contribution in [0.25, 0.3) is 0 Å². The first-order valence-electron chi connectivity index (χ1n) is 5.77. The number of rotatable bonds is 5. The number of benzene rings is 1. The van der Waals surface area contributed by atoms with Gasteiger partial charge in [-0.05, 0) is 64.6 Å². The van der Waals surface area contributed by atoms with Gasteiger partial charge in [-0.2, -0.15) is 0 Å². The van der Waals surface area contributed by atoms with Gasteiger partial charge in [-0.15, -0.1) is 11.8 Å². The summed E-state index contributed by atoms with van der Waals surface area (Å²) >= 11 is 4.70. The van der Waals surface area contributed by atoms with Crippen LogP contribution in [0.5, 0.6) is 0 Å². The van der Waals surface area contributed by atoms with E-state index in [2.05, 4.69) is 15.9 Å². The molecule has 0 heterocycles. The third-order valence-corrected chi connectivity index (χ3v) is 4.95. The van der Waals surface area contributed by atoms with Crippen LogP contribution in [0.4, 0.5) is 4.39 Å². The summed E-state index contributed by atoms with van der Waals surface area (Å²) in [4.78, 5) is 11.5. The minimum Gasteiger partial charge on any atom is -0.481 e. The first-order chi connectivity index (χ1) is 8.52. The topological polar surface area (TPSA) is 37.3 Å². The molecule has 1 aliphatic rings. The van der Waals surface area contributed by atoms with Crippen molar-refractivity contribution in [3.63, 3.8) is 0 Å². The fourth-order valence-electron chi connectivity index (χ4n) is 2.23. The predicted molar refractivity (Wildman–Crippen MR) is 73.6 cm³/mol. The Bertz CT molecular complexity index is 451. The summed E-state index contributed by atoms with van der Waals surface area (Å²) in [6.07, 6.45) is 3.98. The Morgan fingerprint density at radius 3 is 2.72 bits per heavy atom. The molecular formula is C13H14BrFO2S. The molecule has 18 heavy (non-hydrogen) atoms. The lowest BCUT2D eigenvalue weighted by atomic mass is 9.91. The lowest BCUT2D eigenvalue weighted by molar-refractivity contribution is -0.137. The third-order valence-electron chi connectivity index (χ3n) is 3.24. The van der Waals surface area contributed by atoms with Crippen LogP contribution in [0, 0.1) is 11.7 Å². The lowest BCUT2D eigenvalue weighted by Gasteiger charge is -2.16. The molecule has 2 nitrogen and oxygen atoms in total. The van der Waals surface area contributed by atoms with Crippen molar-refractivity contribution in [2.75, 3.05) is 6.26 Å². The van der Waals surface area contributed by atoms with E-state index in [0.717, 1.165) is 18.4 Å². The van der Waals surface area contributed by atoms with E-state index in [-0.39, 0.29) is 18.2 Å². The number of aliphatic carboxylic acids is 1. The number of hydrogen-bond donors (Lipinski definition) is 1. The molecule has 0 amide bonds. The number of hydrogen-bond acceptors (Lipinski definition) is 2. The van der Waals surface area contributed by atoms with E-state index in [1.165, 1.54) is 17.8 Å². The maximum atomic E-state index is 13.9. The van der Waals surface area contributed by atoms with Crippen molar-refractivity contribution in [1.29, 1.82) is 0 Å². The van der Waals surface area contributed by atoms with Crippen molar-refractivity contribution < 1.29 is 14.3 Å². The van der Waals surface area contributed by atoms with E-state index in [0.29, 0.717) is 15.3 Å². The van der Waals surface area contributed by atoms with E-state index >= 15 is 0 Å². The summed E-state index contributed by atoms with van der Waals surface area (Å²) in [5.41, 5.74) is 0.794. The fourth-order valence-corrected chi connectivity index (χ4v) is 3.68. The van der Waals surface area contributed by atoms with Gasteiger partial charge in [-0.1, -0.05) is 0 Å². The number of carboxylic acids is 1. The molecule has 1 N–H and O–H groups in total. The second-order valence-electron chi connectivity index (χ2n) is 4.56. The smallest absolute Gasteiger partial charge is 0.303 e. The highest BCUT2D eigenvalue weighted by Crippen LogP contribution is 2.46. The van der Waals surface area contributed by atoms with Gasteiger partial charge in [0.2, 0.25) is 0 Å². The van der Waals surface area contributed by atoms with Gasteiger partial charge >= 0.3 is 5.97 Å². The Balaban J connectivity index is 2.33. The first-order valence-corrected chi connectivity index (χ1v) is 7.79. The van der Waals surface area contributed by atoms with Crippen LogP contribution in [0.15, 0.2) is 21.5 Å².